The highest BCUT2D eigenvalue weighted by Crippen LogP contribution is 2.21. The lowest BCUT2D eigenvalue weighted by atomic mass is 9.96. The Balaban J connectivity index is 2.22. The standard InChI is InChI=1S/C17H23F3N4OS/c1-16(2,3)14-21-15(26)24(22-14)11-23(10-17(18,19)20)9-12-5-7-13(25-4)8-6-12/h5-8H,9-11H2,1-4H3,(H,21,22,26). The molecular weight excluding hydrogens is 365 g/mol. The summed E-state index contributed by atoms with van der Waals surface area (Å²) in [5, 5.41) is 3.01. The summed E-state index contributed by atoms with van der Waals surface area (Å²) in [6.45, 7) is 4.90. The van der Waals surface area contributed by atoms with Gasteiger partial charge < -0.3 is 4.74 Å². The topological polar surface area (TPSA) is 46.1 Å². The third-order valence-electron chi connectivity index (χ3n) is 3.70. The lowest BCUT2D eigenvalue weighted by Gasteiger charge is -2.24. The van der Waals surface area contributed by atoms with Crippen LogP contribution in [-0.2, 0) is 18.6 Å². The first-order chi connectivity index (χ1) is 12.0. The molecule has 1 N–H and O–H groups in total. The third-order valence-corrected chi connectivity index (χ3v) is 4.01. The molecule has 2 rings (SSSR count). The van der Waals surface area contributed by atoms with Gasteiger partial charge in [-0.3, -0.25) is 10.00 Å². The highest BCUT2D eigenvalue weighted by atomic mass is 32.1. The van der Waals surface area contributed by atoms with Crippen LogP contribution in [0, 0.1) is 4.77 Å². The minimum atomic E-state index is -4.32. The van der Waals surface area contributed by atoms with E-state index in [1.807, 2.05) is 20.8 Å². The van der Waals surface area contributed by atoms with Crippen LogP contribution in [0.15, 0.2) is 24.3 Å². The number of nitrogens with one attached hydrogen (secondary N) is 1. The molecule has 0 saturated carbocycles. The molecular formula is C17H23F3N4OS. The van der Waals surface area contributed by atoms with Gasteiger partial charge in [-0.25, -0.2) is 9.67 Å². The summed E-state index contributed by atoms with van der Waals surface area (Å²) in [7, 11) is 1.54. The van der Waals surface area contributed by atoms with Gasteiger partial charge in [-0.05, 0) is 29.9 Å². The third kappa shape index (κ3) is 5.84. The summed E-state index contributed by atoms with van der Waals surface area (Å²) in [6, 6.07) is 6.94. The monoisotopic (exact) mass is 388 g/mol. The highest BCUT2D eigenvalue weighted by Gasteiger charge is 2.31. The van der Waals surface area contributed by atoms with Crippen molar-refractivity contribution < 1.29 is 17.9 Å². The molecule has 0 amide bonds. The molecule has 0 fully saturated rings. The van der Waals surface area contributed by atoms with Gasteiger partial charge in [0.25, 0.3) is 0 Å². The molecule has 144 valence electrons. The van der Waals surface area contributed by atoms with Crippen LogP contribution >= 0.6 is 12.2 Å². The lowest BCUT2D eigenvalue weighted by Crippen LogP contribution is -2.35. The lowest BCUT2D eigenvalue weighted by molar-refractivity contribution is -0.151. The van der Waals surface area contributed by atoms with Crippen LogP contribution in [0.4, 0.5) is 13.2 Å². The van der Waals surface area contributed by atoms with E-state index >= 15 is 0 Å². The second-order valence-corrected chi connectivity index (χ2v) is 7.49. The van der Waals surface area contributed by atoms with E-state index in [0.29, 0.717) is 11.6 Å². The van der Waals surface area contributed by atoms with Crippen molar-refractivity contribution in [2.24, 2.45) is 0 Å². The SMILES string of the molecule is COc1ccc(CN(Cn2[nH]c(C(C)(C)C)nc2=S)CC(F)(F)F)cc1. The van der Waals surface area contributed by atoms with Crippen LogP contribution < -0.4 is 4.74 Å². The first kappa shape index (κ1) is 20.4. The van der Waals surface area contributed by atoms with Crippen LogP contribution in [0.3, 0.4) is 0 Å². The molecule has 1 aromatic carbocycles. The van der Waals surface area contributed by atoms with E-state index in [-0.39, 0.29) is 23.4 Å². The van der Waals surface area contributed by atoms with Crippen molar-refractivity contribution in [3.63, 3.8) is 0 Å². The van der Waals surface area contributed by atoms with Gasteiger partial charge in [-0.1, -0.05) is 32.9 Å². The molecule has 0 aliphatic carbocycles. The fraction of sp³-hybridized carbons (Fsp3) is 0.529. The quantitative estimate of drug-likeness (QED) is 0.751. The van der Waals surface area contributed by atoms with Gasteiger partial charge in [0.05, 0.1) is 20.3 Å². The van der Waals surface area contributed by atoms with Crippen LogP contribution in [0.5, 0.6) is 5.75 Å². The van der Waals surface area contributed by atoms with E-state index in [0.717, 1.165) is 5.56 Å². The van der Waals surface area contributed by atoms with Gasteiger partial charge in [-0.2, -0.15) is 13.2 Å². The average molecular weight is 388 g/mol. The molecule has 0 radical (unpaired) electrons. The maximum absolute atomic E-state index is 13.0. The first-order valence-corrected chi connectivity index (χ1v) is 8.48. The molecule has 1 aromatic heterocycles. The molecule has 26 heavy (non-hydrogen) atoms. The summed E-state index contributed by atoms with van der Waals surface area (Å²) in [6.07, 6.45) is -4.32. The second kappa shape index (κ2) is 7.79. The summed E-state index contributed by atoms with van der Waals surface area (Å²) in [5.74, 6) is 1.29. The second-order valence-electron chi connectivity index (χ2n) is 7.12. The predicted octanol–water partition coefficient (Wildman–Crippen LogP) is 4.27. The Morgan fingerprint density at radius 1 is 1.19 bits per heavy atom. The maximum Gasteiger partial charge on any atom is 0.401 e. The molecule has 0 aliphatic heterocycles. The summed E-state index contributed by atoms with van der Waals surface area (Å²) >= 11 is 5.20. The number of nitrogens with zero attached hydrogens (tertiary/aromatic N) is 3. The summed E-state index contributed by atoms with van der Waals surface area (Å²) < 4.78 is 45.8. The minimum absolute atomic E-state index is 0.0343. The molecule has 0 spiro atoms. The molecule has 9 heteroatoms. The van der Waals surface area contributed by atoms with Gasteiger partial charge >= 0.3 is 6.18 Å². The van der Waals surface area contributed by atoms with E-state index in [9.17, 15) is 13.2 Å². The maximum atomic E-state index is 13.0. The van der Waals surface area contributed by atoms with Crippen molar-refractivity contribution in [3.05, 3.63) is 40.4 Å². The van der Waals surface area contributed by atoms with Crippen molar-refractivity contribution in [3.8, 4) is 5.75 Å². The molecule has 0 saturated heterocycles. The van der Waals surface area contributed by atoms with Crippen molar-refractivity contribution >= 4 is 12.2 Å². The Morgan fingerprint density at radius 3 is 2.27 bits per heavy atom. The number of aromatic nitrogens is 3. The van der Waals surface area contributed by atoms with Gasteiger partial charge in [0.1, 0.15) is 11.6 Å². The van der Waals surface area contributed by atoms with E-state index in [1.54, 1.807) is 24.3 Å². The number of aromatic amines is 1. The summed E-state index contributed by atoms with van der Waals surface area (Å²) in [5.41, 5.74) is 0.473. The minimum Gasteiger partial charge on any atom is -0.497 e. The van der Waals surface area contributed by atoms with Gasteiger partial charge in [0, 0.05) is 12.0 Å². The molecule has 0 aliphatic rings. The Hall–Kier alpha value is -1.87. The van der Waals surface area contributed by atoms with Crippen molar-refractivity contribution in [1.82, 2.24) is 19.7 Å². The Bertz CT molecular complexity index is 775. The number of ether oxygens (including phenoxy) is 1. The number of methoxy groups -OCH3 is 1. The predicted molar refractivity (Wildman–Crippen MR) is 95.6 cm³/mol. The fourth-order valence-electron chi connectivity index (χ4n) is 2.39. The molecule has 5 nitrogen and oxygen atoms in total. The zero-order valence-corrected chi connectivity index (χ0v) is 16.0. The first-order valence-electron chi connectivity index (χ1n) is 8.07. The van der Waals surface area contributed by atoms with E-state index in [4.69, 9.17) is 17.0 Å². The van der Waals surface area contributed by atoms with Gasteiger partial charge in [0.2, 0.25) is 4.77 Å². The van der Waals surface area contributed by atoms with Crippen molar-refractivity contribution in [2.75, 3.05) is 13.7 Å². The van der Waals surface area contributed by atoms with Crippen LogP contribution in [0.1, 0.15) is 32.2 Å². The number of halogens is 3. The van der Waals surface area contributed by atoms with Crippen LogP contribution in [0.2, 0.25) is 0 Å². The van der Waals surface area contributed by atoms with E-state index in [1.165, 1.54) is 16.7 Å². The number of hydrogen-bond donors (Lipinski definition) is 1. The molecule has 0 unspecified atom stereocenters. The summed E-state index contributed by atoms with van der Waals surface area (Å²) in [4.78, 5) is 5.53. The van der Waals surface area contributed by atoms with Crippen molar-refractivity contribution in [1.29, 1.82) is 0 Å². The van der Waals surface area contributed by atoms with E-state index in [2.05, 4.69) is 10.1 Å². The Labute approximate surface area is 155 Å². The number of benzene rings is 1. The van der Waals surface area contributed by atoms with Gasteiger partial charge in [-0.15, -0.1) is 0 Å². The number of hydrogen-bond acceptors (Lipinski definition) is 4. The Morgan fingerprint density at radius 2 is 1.81 bits per heavy atom. The zero-order chi connectivity index (χ0) is 19.5. The van der Waals surface area contributed by atoms with Crippen LogP contribution in [0.25, 0.3) is 0 Å². The van der Waals surface area contributed by atoms with Gasteiger partial charge in [0.15, 0.2) is 0 Å². The number of rotatable bonds is 6. The Kier molecular flexibility index (Phi) is 6.13. The van der Waals surface area contributed by atoms with E-state index < -0.39 is 12.7 Å². The number of alkyl halides is 3. The van der Waals surface area contributed by atoms with Crippen LogP contribution in [-0.4, -0.2) is 39.5 Å². The normalized spacial score (nSPS) is 12.6. The average Bonchev–Trinajstić information content (AvgIpc) is 2.87. The molecule has 0 atom stereocenters. The molecule has 2 aromatic rings. The van der Waals surface area contributed by atoms with Crippen molar-refractivity contribution in [2.45, 2.75) is 45.6 Å². The molecule has 1 heterocycles. The highest BCUT2D eigenvalue weighted by molar-refractivity contribution is 7.71. The molecule has 0 bridgehead atoms. The largest absolute Gasteiger partial charge is 0.497 e. The smallest absolute Gasteiger partial charge is 0.401 e. The number of H-pyrrole nitrogens is 1. The zero-order valence-electron chi connectivity index (χ0n) is 15.2. The fourth-order valence-corrected chi connectivity index (χ4v) is 2.58.